The molecular formula is C17H23N3O3S. The maximum absolute atomic E-state index is 12.3. The van der Waals surface area contributed by atoms with Gasteiger partial charge in [0.05, 0.1) is 5.92 Å². The minimum absolute atomic E-state index is 0.0195. The Balaban J connectivity index is 1.45. The van der Waals surface area contributed by atoms with Gasteiger partial charge in [0.15, 0.2) is 0 Å². The van der Waals surface area contributed by atoms with Crippen molar-refractivity contribution in [2.45, 2.75) is 32.7 Å². The van der Waals surface area contributed by atoms with Crippen LogP contribution in [0.25, 0.3) is 0 Å². The first-order valence-electron chi connectivity index (χ1n) is 8.46. The van der Waals surface area contributed by atoms with Crippen LogP contribution < -0.4 is 5.32 Å². The van der Waals surface area contributed by atoms with Gasteiger partial charge in [-0.3, -0.25) is 24.6 Å². The minimum Gasteiger partial charge on any atom is -0.340 e. The molecule has 2 aliphatic heterocycles. The number of rotatable bonds is 5. The van der Waals surface area contributed by atoms with E-state index in [1.165, 1.54) is 9.75 Å². The van der Waals surface area contributed by atoms with E-state index >= 15 is 0 Å². The van der Waals surface area contributed by atoms with Crippen molar-refractivity contribution in [3.05, 3.63) is 21.9 Å². The van der Waals surface area contributed by atoms with Gasteiger partial charge in [-0.2, -0.15) is 0 Å². The van der Waals surface area contributed by atoms with Crippen LogP contribution in [0.1, 0.15) is 29.5 Å². The average Bonchev–Trinajstić information content (AvgIpc) is 3.14. The lowest BCUT2D eigenvalue weighted by Crippen LogP contribution is -2.48. The van der Waals surface area contributed by atoms with Gasteiger partial charge in [0.2, 0.25) is 17.7 Å². The van der Waals surface area contributed by atoms with Crippen LogP contribution in [0.2, 0.25) is 0 Å². The number of amides is 3. The van der Waals surface area contributed by atoms with Gasteiger partial charge in [-0.05, 0) is 18.6 Å². The molecule has 3 amide bonds. The van der Waals surface area contributed by atoms with Gasteiger partial charge in [-0.25, -0.2) is 0 Å². The van der Waals surface area contributed by atoms with Crippen molar-refractivity contribution in [2.75, 3.05) is 26.2 Å². The fourth-order valence-electron chi connectivity index (χ4n) is 3.18. The molecule has 2 aliphatic rings. The molecule has 1 aromatic heterocycles. The highest BCUT2D eigenvalue weighted by molar-refractivity contribution is 7.11. The lowest BCUT2D eigenvalue weighted by Gasteiger charge is -2.34. The van der Waals surface area contributed by atoms with Gasteiger partial charge in [0.25, 0.3) is 0 Å². The highest BCUT2D eigenvalue weighted by Gasteiger charge is 2.34. The number of aryl methyl sites for hydroxylation is 1. The molecule has 1 N–H and O–H groups in total. The smallest absolute Gasteiger partial charge is 0.230 e. The molecule has 0 saturated carbocycles. The molecule has 130 valence electrons. The zero-order chi connectivity index (χ0) is 17.1. The Hall–Kier alpha value is -1.73. The summed E-state index contributed by atoms with van der Waals surface area (Å²) >= 11 is 1.86. The number of imide groups is 1. The van der Waals surface area contributed by atoms with E-state index in [0.29, 0.717) is 13.1 Å². The number of thiophene rings is 1. The first-order valence-corrected chi connectivity index (χ1v) is 9.28. The molecule has 2 fully saturated rings. The van der Waals surface area contributed by atoms with E-state index in [0.717, 1.165) is 26.1 Å². The summed E-state index contributed by atoms with van der Waals surface area (Å²) < 4.78 is 0. The van der Waals surface area contributed by atoms with Crippen molar-refractivity contribution in [1.29, 1.82) is 0 Å². The second kappa shape index (κ2) is 7.44. The first-order chi connectivity index (χ1) is 11.5. The molecule has 0 bridgehead atoms. The summed E-state index contributed by atoms with van der Waals surface area (Å²) in [7, 11) is 0. The zero-order valence-electron chi connectivity index (χ0n) is 13.9. The zero-order valence-corrected chi connectivity index (χ0v) is 14.7. The van der Waals surface area contributed by atoms with Gasteiger partial charge in [-0.1, -0.05) is 6.92 Å². The van der Waals surface area contributed by atoms with Crippen molar-refractivity contribution in [1.82, 2.24) is 15.1 Å². The summed E-state index contributed by atoms with van der Waals surface area (Å²) in [5.74, 6) is -1.09. The number of nitrogens with one attached hydrogen (secondary N) is 1. The Morgan fingerprint density at radius 1 is 1.21 bits per heavy atom. The third-order valence-corrected chi connectivity index (χ3v) is 5.87. The summed E-state index contributed by atoms with van der Waals surface area (Å²) in [4.78, 5) is 42.1. The molecule has 0 spiro atoms. The third-order valence-electron chi connectivity index (χ3n) is 4.66. The molecule has 3 rings (SSSR count). The summed E-state index contributed by atoms with van der Waals surface area (Å²) in [5, 5.41) is 2.26. The number of carbonyl (C=O) groups is 3. The van der Waals surface area contributed by atoms with Gasteiger partial charge in [0, 0.05) is 55.3 Å². The van der Waals surface area contributed by atoms with Crippen LogP contribution in [0.15, 0.2) is 12.1 Å². The van der Waals surface area contributed by atoms with Crippen molar-refractivity contribution in [3.63, 3.8) is 0 Å². The number of hydrogen-bond acceptors (Lipinski definition) is 5. The summed E-state index contributed by atoms with van der Waals surface area (Å²) in [5.41, 5.74) is 0. The Bertz CT molecular complexity index is 635. The Morgan fingerprint density at radius 3 is 2.50 bits per heavy atom. The van der Waals surface area contributed by atoms with E-state index in [-0.39, 0.29) is 30.6 Å². The molecule has 24 heavy (non-hydrogen) atoms. The van der Waals surface area contributed by atoms with Crippen molar-refractivity contribution < 1.29 is 14.4 Å². The predicted octanol–water partition coefficient (Wildman–Crippen LogP) is 1.01. The third kappa shape index (κ3) is 4.02. The van der Waals surface area contributed by atoms with E-state index in [9.17, 15) is 14.4 Å². The summed E-state index contributed by atoms with van der Waals surface area (Å²) in [6.07, 6.45) is 1.36. The van der Waals surface area contributed by atoms with E-state index in [1.807, 2.05) is 16.2 Å². The van der Waals surface area contributed by atoms with Crippen molar-refractivity contribution >= 4 is 29.1 Å². The number of nitrogens with zero attached hydrogens (tertiary/aromatic N) is 2. The molecule has 1 aromatic rings. The molecule has 0 radical (unpaired) electrons. The molecule has 3 heterocycles. The first kappa shape index (κ1) is 17.1. The second-order valence-electron chi connectivity index (χ2n) is 6.40. The van der Waals surface area contributed by atoms with Gasteiger partial charge < -0.3 is 4.90 Å². The summed E-state index contributed by atoms with van der Waals surface area (Å²) in [6.45, 7) is 6.17. The maximum atomic E-state index is 12.3. The van der Waals surface area contributed by atoms with Crippen LogP contribution in [0.5, 0.6) is 0 Å². The van der Waals surface area contributed by atoms with Crippen LogP contribution in [0.4, 0.5) is 0 Å². The Morgan fingerprint density at radius 2 is 1.92 bits per heavy atom. The molecular weight excluding hydrogens is 326 g/mol. The number of hydrogen-bond donors (Lipinski definition) is 1. The Labute approximate surface area is 145 Å². The monoisotopic (exact) mass is 349 g/mol. The van der Waals surface area contributed by atoms with Crippen LogP contribution in [-0.2, 0) is 27.3 Å². The lowest BCUT2D eigenvalue weighted by molar-refractivity contribution is -0.136. The Kier molecular flexibility index (Phi) is 5.30. The van der Waals surface area contributed by atoms with Crippen LogP contribution in [0.3, 0.4) is 0 Å². The fraction of sp³-hybridized carbons (Fsp3) is 0.588. The summed E-state index contributed by atoms with van der Waals surface area (Å²) in [6, 6.07) is 4.38. The predicted molar refractivity (Wildman–Crippen MR) is 91.4 cm³/mol. The number of piperazine rings is 1. The van der Waals surface area contributed by atoms with Gasteiger partial charge in [0.1, 0.15) is 0 Å². The molecule has 1 unspecified atom stereocenters. The van der Waals surface area contributed by atoms with Crippen LogP contribution in [0, 0.1) is 5.92 Å². The minimum atomic E-state index is -0.485. The molecule has 0 aromatic carbocycles. The molecule has 6 nitrogen and oxygen atoms in total. The van der Waals surface area contributed by atoms with Crippen molar-refractivity contribution in [3.8, 4) is 0 Å². The van der Waals surface area contributed by atoms with E-state index in [1.54, 1.807) is 0 Å². The van der Waals surface area contributed by atoms with Crippen LogP contribution in [-0.4, -0.2) is 53.7 Å². The molecule has 0 aliphatic carbocycles. The van der Waals surface area contributed by atoms with E-state index in [4.69, 9.17) is 0 Å². The van der Waals surface area contributed by atoms with E-state index in [2.05, 4.69) is 29.3 Å². The average molecular weight is 349 g/mol. The fourth-order valence-corrected chi connectivity index (χ4v) is 4.19. The number of carbonyl (C=O) groups excluding carboxylic acids is 3. The highest BCUT2D eigenvalue weighted by Crippen LogP contribution is 2.20. The molecule has 1 atom stereocenters. The van der Waals surface area contributed by atoms with Crippen molar-refractivity contribution in [2.24, 2.45) is 5.92 Å². The largest absolute Gasteiger partial charge is 0.340 e. The van der Waals surface area contributed by atoms with Gasteiger partial charge in [-0.15, -0.1) is 11.3 Å². The van der Waals surface area contributed by atoms with Crippen LogP contribution >= 0.6 is 11.3 Å². The quantitative estimate of drug-likeness (QED) is 0.806. The maximum Gasteiger partial charge on any atom is 0.230 e. The molecule has 2 saturated heterocycles. The highest BCUT2D eigenvalue weighted by atomic mass is 32.1. The standard InChI is InChI=1S/C17H23N3O3S/c1-2-13-3-4-14(24-13)11-19-5-7-20(8-6-19)16(22)10-12-9-15(21)18-17(12)23/h3-4,12H,2,5-11H2,1H3,(H,18,21,23). The topological polar surface area (TPSA) is 69.7 Å². The van der Waals surface area contributed by atoms with Gasteiger partial charge >= 0.3 is 0 Å². The second-order valence-corrected chi connectivity index (χ2v) is 7.65. The van der Waals surface area contributed by atoms with E-state index < -0.39 is 5.92 Å². The lowest BCUT2D eigenvalue weighted by atomic mass is 10.0. The SMILES string of the molecule is CCc1ccc(CN2CCN(C(=O)CC3CC(=O)NC3=O)CC2)s1. The molecule has 7 heteroatoms. The normalized spacial score (nSPS) is 22.0.